The quantitative estimate of drug-likeness (QED) is 0.459. The highest BCUT2D eigenvalue weighted by Gasteiger charge is 1.62. The van der Waals surface area contributed by atoms with E-state index in [9.17, 15) is 4.79 Å². The highest BCUT2D eigenvalue weighted by Crippen LogP contribution is 1.50. The molecule has 0 aliphatic rings. The minimum Gasteiger partial charge on any atom is -0.300 e. The Morgan fingerprint density at radius 2 is 1.38 bits per heavy atom. The lowest BCUT2D eigenvalue weighted by Crippen LogP contribution is -1.69. The third-order valence-electron chi connectivity index (χ3n) is 0.0500. The van der Waals surface area contributed by atoms with Crippen LogP contribution in [0.1, 0.15) is 13.8 Å². The van der Waals surface area contributed by atoms with E-state index in [1.54, 1.807) is 0 Å². The van der Waals surface area contributed by atoms with Crippen molar-refractivity contribution in [3.8, 4) is 12.1 Å². The van der Waals surface area contributed by atoms with Crippen LogP contribution in [0.4, 0.5) is 0 Å². The van der Waals surface area contributed by atoms with Crippen molar-refractivity contribution in [1.82, 2.24) is 0 Å². The zero-order chi connectivity index (χ0) is 6.99. The maximum atomic E-state index is 9.44. The second-order valence-electron chi connectivity index (χ2n) is 1.13. The molecule has 0 bridgehead atoms. The number of carbonyl (C=O) groups excluding carboxylic acids is 1. The van der Waals surface area contributed by atoms with Gasteiger partial charge in [-0.1, -0.05) is 0 Å². The van der Waals surface area contributed by atoms with Gasteiger partial charge in [-0.3, -0.25) is 0 Å². The fourth-order valence-corrected chi connectivity index (χ4v) is 0. The molecular formula is C5H6N2O. The Kier molecular flexibility index (Phi) is 11.3. The van der Waals surface area contributed by atoms with E-state index in [2.05, 4.69) is 0 Å². The average Bonchev–Trinajstić information content (AvgIpc) is 1.65. The molecule has 0 aromatic rings. The number of hydrogen-bond acceptors (Lipinski definition) is 3. The molecule has 3 nitrogen and oxygen atoms in total. The van der Waals surface area contributed by atoms with Crippen molar-refractivity contribution < 1.29 is 4.79 Å². The molecule has 0 fully saturated rings. The fraction of sp³-hybridized carbons (Fsp3) is 0.400. The molecule has 0 N–H and O–H groups in total. The van der Waals surface area contributed by atoms with E-state index < -0.39 is 0 Å². The highest BCUT2D eigenvalue weighted by molar-refractivity contribution is 5.72. The van der Waals surface area contributed by atoms with Crippen LogP contribution in [0.3, 0.4) is 0 Å². The van der Waals surface area contributed by atoms with E-state index in [0.717, 1.165) is 0 Å². The van der Waals surface area contributed by atoms with E-state index in [0.29, 0.717) is 0 Å². The number of nitriles is 2. The van der Waals surface area contributed by atoms with Gasteiger partial charge in [-0.25, -0.2) is 0 Å². The van der Waals surface area contributed by atoms with Gasteiger partial charge in [0.2, 0.25) is 0 Å². The van der Waals surface area contributed by atoms with Gasteiger partial charge in [-0.2, -0.15) is 10.5 Å². The van der Waals surface area contributed by atoms with Crippen LogP contribution in [0.25, 0.3) is 0 Å². The van der Waals surface area contributed by atoms with Gasteiger partial charge in [-0.05, 0) is 13.8 Å². The van der Waals surface area contributed by atoms with Crippen molar-refractivity contribution in [2.24, 2.45) is 0 Å². The Morgan fingerprint density at radius 1 is 1.25 bits per heavy atom. The lowest BCUT2D eigenvalue weighted by Gasteiger charge is -1.56. The molecule has 0 aromatic carbocycles. The molecule has 0 radical (unpaired) electrons. The monoisotopic (exact) mass is 110 g/mol. The summed E-state index contributed by atoms with van der Waals surface area (Å²) in [6.07, 6.45) is 0. The van der Waals surface area contributed by atoms with E-state index in [1.807, 2.05) is 0 Å². The van der Waals surface area contributed by atoms with E-state index >= 15 is 0 Å². The molecule has 0 aliphatic heterocycles. The molecule has 0 spiro atoms. The summed E-state index contributed by atoms with van der Waals surface area (Å²) in [4.78, 5) is 9.44. The van der Waals surface area contributed by atoms with Gasteiger partial charge in [0.15, 0.2) is 12.1 Å². The maximum absolute atomic E-state index is 9.44. The summed E-state index contributed by atoms with van der Waals surface area (Å²) in [7, 11) is 0. The SMILES string of the molecule is CC(C)=O.N#CC#N. The van der Waals surface area contributed by atoms with Crippen molar-refractivity contribution in [2.75, 3.05) is 0 Å². The number of rotatable bonds is 0. The van der Waals surface area contributed by atoms with E-state index in [-0.39, 0.29) is 5.78 Å². The summed E-state index contributed by atoms with van der Waals surface area (Å²) in [5.41, 5.74) is 0. The summed E-state index contributed by atoms with van der Waals surface area (Å²) in [6.45, 7) is 3.06. The third-order valence-corrected chi connectivity index (χ3v) is 0.0500. The first-order valence-corrected chi connectivity index (χ1v) is 1.90. The lowest BCUT2D eigenvalue weighted by molar-refractivity contribution is -0.114. The molecule has 8 heavy (non-hydrogen) atoms. The minimum atomic E-state index is 0.167. The molecule has 0 heterocycles. The van der Waals surface area contributed by atoms with Gasteiger partial charge < -0.3 is 4.79 Å². The minimum absolute atomic E-state index is 0.167. The number of ketones is 1. The van der Waals surface area contributed by atoms with Crippen LogP contribution in [-0.2, 0) is 4.79 Å². The van der Waals surface area contributed by atoms with Crippen molar-refractivity contribution in [2.45, 2.75) is 13.8 Å². The van der Waals surface area contributed by atoms with Crippen LogP contribution in [0.5, 0.6) is 0 Å². The molecule has 0 aliphatic carbocycles. The molecule has 0 saturated heterocycles. The standard InChI is InChI=1S/C3H6O.C2N2/c1-3(2)4;3-1-2-4/h1-2H3;. The summed E-state index contributed by atoms with van der Waals surface area (Å²) in [5, 5.41) is 14.5. The van der Waals surface area contributed by atoms with Gasteiger partial charge >= 0.3 is 0 Å². The van der Waals surface area contributed by atoms with Crippen LogP contribution in [-0.4, -0.2) is 5.78 Å². The molecule has 0 atom stereocenters. The van der Waals surface area contributed by atoms with Crippen LogP contribution < -0.4 is 0 Å². The van der Waals surface area contributed by atoms with Gasteiger partial charge in [0.25, 0.3) is 0 Å². The Bertz CT molecular complexity index is 121. The second-order valence-corrected chi connectivity index (χ2v) is 1.13. The van der Waals surface area contributed by atoms with Crippen molar-refractivity contribution >= 4 is 5.78 Å². The molecule has 0 amide bonds. The normalized spacial score (nSPS) is 4.50. The fourth-order valence-electron chi connectivity index (χ4n) is 0. The van der Waals surface area contributed by atoms with Crippen LogP contribution in [0, 0.1) is 22.7 Å². The van der Waals surface area contributed by atoms with E-state index in [4.69, 9.17) is 10.5 Å². The maximum Gasteiger partial charge on any atom is 0.181 e. The highest BCUT2D eigenvalue weighted by atomic mass is 16.1. The van der Waals surface area contributed by atoms with Gasteiger partial charge in [0.05, 0.1) is 0 Å². The molecule has 0 aromatic heterocycles. The van der Waals surface area contributed by atoms with Crippen molar-refractivity contribution in [3.05, 3.63) is 0 Å². The largest absolute Gasteiger partial charge is 0.300 e. The number of nitrogens with zero attached hydrogens (tertiary/aromatic N) is 2. The first-order chi connectivity index (χ1) is 3.65. The number of hydrogen-bond donors (Lipinski definition) is 0. The predicted molar refractivity (Wildman–Crippen MR) is 27.6 cm³/mol. The van der Waals surface area contributed by atoms with Crippen molar-refractivity contribution in [3.63, 3.8) is 0 Å². The molecule has 0 saturated carbocycles. The van der Waals surface area contributed by atoms with Crippen LogP contribution in [0.2, 0.25) is 0 Å². The molecule has 0 unspecified atom stereocenters. The lowest BCUT2D eigenvalue weighted by atomic mass is 10.6. The zero-order valence-electron chi connectivity index (χ0n) is 4.80. The Labute approximate surface area is 48.2 Å². The molecule has 42 valence electrons. The van der Waals surface area contributed by atoms with Gasteiger partial charge in [0.1, 0.15) is 5.78 Å². The van der Waals surface area contributed by atoms with Crippen LogP contribution in [0.15, 0.2) is 0 Å². The summed E-state index contributed by atoms with van der Waals surface area (Å²) < 4.78 is 0. The van der Waals surface area contributed by atoms with Gasteiger partial charge in [-0.15, -0.1) is 0 Å². The Hall–Kier alpha value is -1.35. The molecule has 3 heteroatoms. The van der Waals surface area contributed by atoms with Crippen molar-refractivity contribution in [1.29, 1.82) is 10.5 Å². The third kappa shape index (κ3) is 506. The van der Waals surface area contributed by atoms with E-state index in [1.165, 1.54) is 26.0 Å². The Morgan fingerprint density at radius 3 is 1.38 bits per heavy atom. The topological polar surface area (TPSA) is 64.7 Å². The molecular weight excluding hydrogens is 104 g/mol. The first-order valence-electron chi connectivity index (χ1n) is 1.90. The summed E-state index contributed by atoms with van der Waals surface area (Å²) in [5.74, 6) is 0.167. The zero-order valence-corrected chi connectivity index (χ0v) is 4.80. The summed E-state index contributed by atoms with van der Waals surface area (Å²) >= 11 is 0. The molecule has 0 rings (SSSR count). The first kappa shape index (κ1) is 9.82. The van der Waals surface area contributed by atoms with Crippen LogP contribution >= 0.6 is 0 Å². The predicted octanol–water partition coefficient (Wildman–Crippen LogP) is 0.629. The Balaban J connectivity index is 0. The summed E-state index contributed by atoms with van der Waals surface area (Å²) in [6, 6.07) is 2.47. The van der Waals surface area contributed by atoms with Gasteiger partial charge in [0, 0.05) is 0 Å². The number of carbonyl (C=O) groups is 1. The second kappa shape index (κ2) is 9.17. The average molecular weight is 110 g/mol. The smallest absolute Gasteiger partial charge is 0.181 e. The number of Topliss-reactive ketones (excluding diaryl/α,β-unsaturated/α-hetero) is 1.